The van der Waals surface area contributed by atoms with Crippen LogP contribution >= 0.6 is 0 Å². The van der Waals surface area contributed by atoms with Crippen LogP contribution in [0.5, 0.6) is 0 Å². The van der Waals surface area contributed by atoms with Crippen molar-refractivity contribution in [2.45, 2.75) is 51.4 Å². The monoisotopic (exact) mass is 258 g/mol. The maximum atomic E-state index is 13.5. The van der Waals surface area contributed by atoms with E-state index in [2.05, 4.69) is 0 Å². The summed E-state index contributed by atoms with van der Waals surface area (Å²) in [6, 6.07) is 0. The number of rotatable bonds is 8. The summed E-state index contributed by atoms with van der Waals surface area (Å²) >= 11 is 0. The number of nitrogens with zero attached hydrogens (tertiary/aromatic N) is 1. The van der Waals surface area contributed by atoms with E-state index in [9.17, 15) is 17.6 Å². The molecular weight excluding hydrogens is 234 g/mol. The summed E-state index contributed by atoms with van der Waals surface area (Å²) in [4.78, 5) is 0. The molecule has 5 heteroatoms. The number of halogens is 4. The molecule has 0 amide bonds. The van der Waals surface area contributed by atoms with E-state index in [0.717, 1.165) is 6.92 Å². The normalized spacial score (nSPS) is 19.8. The van der Waals surface area contributed by atoms with Gasteiger partial charge in [-0.2, -0.15) is 0 Å². The Bertz CT molecular complexity index is 209. The van der Waals surface area contributed by atoms with Crippen LogP contribution in [0.1, 0.15) is 26.7 Å². The van der Waals surface area contributed by atoms with Crippen molar-refractivity contribution in [1.29, 1.82) is 0 Å². The van der Waals surface area contributed by atoms with Crippen LogP contribution in [-0.4, -0.2) is 56.4 Å². The van der Waals surface area contributed by atoms with Crippen LogP contribution in [0.3, 0.4) is 0 Å². The van der Waals surface area contributed by atoms with Gasteiger partial charge in [-0.3, -0.25) is 0 Å². The molecule has 0 aliphatic carbocycles. The molecule has 1 nitrogen and oxygen atoms in total. The minimum absolute atomic E-state index is 0.0554. The molecule has 0 saturated carbocycles. The van der Waals surface area contributed by atoms with Gasteiger partial charge in [-0.15, -0.1) is 0 Å². The Morgan fingerprint density at radius 1 is 0.882 bits per heavy atom. The summed E-state index contributed by atoms with van der Waals surface area (Å²) in [5.41, 5.74) is 0. The third-order valence-electron chi connectivity index (χ3n) is 3.13. The van der Waals surface area contributed by atoms with Crippen molar-refractivity contribution in [2.75, 3.05) is 27.2 Å². The predicted molar refractivity (Wildman–Crippen MR) is 62.0 cm³/mol. The predicted octanol–water partition coefficient (Wildman–Crippen LogP) is 3.24. The van der Waals surface area contributed by atoms with Gasteiger partial charge >= 0.3 is 0 Å². The molecule has 0 fully saturated rings. The lowest BCUT2D eigenvalue weighted by Crippen LogP contribution is -2.46. The van der Waals surface area contributed by atoms with Gasteiger partial charge in [0.1, 0.15) is 25.1 Å². The molecule has 4 atom stereocenters. The summed E-state index contributed by atoms with van der Waals surface area (Å²) in [5, 5.41) is 0. The summed E-state index contributed by atoms with van der Waals surface area (Å²) < 4.78 is 52.7. The minimum atomic E-state index is -1.71. The van der Waals surface area contributed by atoms with E-state index in [4.69, 9.17) is 0 Å². The second-order valence-electron chi connectivity index (χ2n) is 5.24. The lowest BCUT2D eigenvalue weighted by atomic mass is 10.1. The maximum absolute atomic E-state index is 13.5. The quantitative estimate of drug-likeness (QED) is 0.463. The highest BCUT2D eigenvalue weighted by molar-refractivity contribution is 4.72. The lowest BCUT2D eigenvalue weighted by Gasteiger charge is -2.30. The second kappa shape index (κ2) is 7.19. The van der Waals surface area contributed by atoms with Gasteiger partial charge in [0.25, 0.3) is 0 Å². The van der Waals surface area contributed by atoms with Crippen LogP contribution in [-0.2, 0) is 0 Å². The third-order valence-corrected chi connectivity index (χ3v) is 3.13. The average Bonchev–Trinajstić information content (AvgIpc) is 2.24. The van der Waals surface area contributed by atoms with E-state index in [1.807, 2.05) is 6.92 Å². The fourth-order valence-corrected chi connectivity index (χ4v) is 1.44. The van der Waals surface area contributed by atoms with Gasteiger partial charge in [0.15, 0.2) is 6.17 Å². The number of alkyl halides is 4. The summed E-state index contributed by atoms with van der Waals surface area (Å²) in [6.07, 6.45) is -7.18. The van der Waals surface area contributed by atoms with Crippen molar-refractivity contribution in [2.24, 2.45) is 0 Å². The SMILES string of the molecule is CC[N+](C)(C)CC(F)C(F)CCC(F)C(C)F. The van der Waals surface area contributed by atoms with E-state index in [0.29, 0.717) is 11.0 Å². The number of hydrogen-bond acceptors (Lipinski definition) is 0. The zero-order valence-electron chi connectivity index (χ0n) is 11.1. The van der Waals surface area contributed by atoms with Crippen LogP contribution in [0, 0.1) is 0 Å². The van der Waals surface area contributed by atoms with Gasteiger partial charge in [0, 0.05) is 0 Å². The zero-order chi connectivity index (χ0) is 13.6. The first-order valence-electron chi connectivity index (χ1n) is 6.08. The molecule has 0 aliphatic heterocycles. The average molecular weight is 258 g/mol. The van der Waals surface area contributed by atoms with Crippen molar-refractivity contribution >= 4 is 0 Å². The summed E-state index contributed by atoms with van der Waals surface area (Å²) in [6.45, 7) is 3.73. The number of quaternary nitrogens is 1. The van der Waals surface area contributed by atoms with Gasteiger partial charge in [-0.05, 0) is 26.7 Å². The second-order valence-corrected chi connectivity index (χ2v) is 5.24. The van der Waals surface area contributed by atoms with E-state index in [-0.39, 0.29) is 19.4 Å². The molecular formula is C12H24F4N+. The molecule has 0 saturated heterocycles. The van der Waals surface area contributed by atoms with Crippen molar-refractivity contribution in [3.05, 3.63) is 0 Å². The Labute approximate surface area is 101 Å². The van der Waals surface area contributed by atoms with Crippen LogP contribution in [0.2, 0.25) is 0 Å². The van der Waals surface area contributed by atoms with Crippen LogP contribution in [0.25, 0.3) is 0 Å². The van der Waals surface area contributed by atoms with Gasteiger partial charge in [-0.25, -0.2) is 17.6 Å². The standard InChI is InChI=1S/C12H24F4N/c1-5-17(3,4)8-12(16)11(15)7-6-10(14)9(2)13/h9-12H,5-8H2,1-4H3/q+1. The fourth-order valence-electron chi connectivity index (χ4n) is 1.44. The topological polar surface area (TPSA) is 0 Å². The van der Waals surface area contributed by atoms with Gasteiger partial charge in [0.05, 0.1) is 20.6 Å². The van der Waals surface area contributed by atoms with Crippen molar-refractivity contribution in [3.8, 4) is 0 Å². The molecule has 0 radical (unpaired) electrons. The number of hydrogen-bond donors (Lipinski definition) is 0. The van der Waals surface area contributed by atoms with E-state index >= 15 is 0 Å². The molecule has 4 unspecified atom stereocenters. The third kappa shape index (κ3) is 6.86. The first kappa shape index (κ1) is 16.7. The Morgan fingerprint density at radius 3 is 1.76 bits per heavy atom. The molecule has 0 aromatic carbocycles. The molecule has 0 aromatic rings. The van der Waals surface area contributed by atoms with E-state index in [1.54, 1.807) is 14.1 Å². The molecule has 0 aromatic heterocycles. The van der Waals surface area contributed by atoms with E-state index < -0.39 is 24.7 Å². The Morgan fingerprint density at radius 2 is 1.35 bits per heavy atom. The van der Waals surface area contributed by atoms with Gasteiger partial charge in [0.2, 0.25) is 0 Å². The van der Waals surface area contributed by atoms with Gasteiger partial charge in [-0.1, -0.05) is 0 Å². The Hall–Kier alpha value is -0.320. The highest BCUT2D eigenvalue weighted by Crippen LogP contribution is 2.18. The highest BCUT2D eigenvalue weighted by atomic mass is 19.2. The lowest BCUT2D eigenvalue weighted by molar-refractivity contribution is -0.891. The zero-order valence-corrected chi connectivity index (χ0v) is 11.1. The first-order valence-corrected chi connectivity index (χ1v) is 6.08. The Kier molecular flexibility index (Phi) is 7.05. The molecule has 0 spiro atoms. The van der Waals surface area contributed by atoms with Crippen LogP contribution < -0.4 is 0 Å². The first-order chi connectivity index (χ1) is 7.69. The van der Waals surface area contributed by atoms with Crippen LogP contribution in [0.15, 0.2) is 0 Å². The minimum Gasteiger partial charge on any atom is -0.326 e. The smallest absolute Gasteiger partial charge is 0.180 e. The molecule has 0 bridgehead atoms. The van der Waals surface area contributed by atoms with E-state index in [1.165, 1.54) is 0 Å². The van der Waals surface area contributed by atoms with Crippen molar-refractivity contribution in [1.82, 2.24) is 0 Å². The fraction of sp³-hybridized carbons (Fsp3) is 1.00. The van der Waals surface area contributed by atoms with Gasteiger partial charge < -0.3 is 4.48 Å². The van der Waals surface area contributed by atoms with Crippen molar-refractivity contribution < 1.29 is 22.0 Å². The van der Waals surface area contributed by atoms with Crippen LogP contribution in [0.4, 0.5) is 17.6 Å². The summed E-state index contributed by atoms with van der Waals surface area (Å²) in [7, 11) is 3.61. The highest BCUT2D eigenvalue weighted by Gasteiger charge is 2.29. The largest absolute Gasteiger partial charge is 0.326 e. The maximum Gasteiger partial charge on any atom is 0.180 e. The molecule has 0 N–H and O–H groups in total. The molecule has 0 rings (SSSR count). The molecule has 0 aliphatic rings. The molecule has 17 heavy (non-hydrogen) atoms. The molecule has 0 heterocycles. The molecule has 104 valence electrons. The van der Waals surface area contributed by atoms with Crippen molar-refractivity contribution in [3.63, 3.8) is 0 Å². The Balaban J connectivity index is 4.02. The summed E-state index contributed by atoms with van der Waals surface area (Å²) in [5.74, 6) is 0.